The fourth-order valence-corrected chi connectivity index (χ4v) is 2.21. The van der Waals surface area contributed by atoms with Crippen LogP contribution in [0.25, 0.3) is 0 Å². The lowest BCUT2D eigenvalue weighted by molar-refractivity contribution is 0.0697. The quantitative estimate of drug-likeness (QED) is 0.920. The minimum atomic E-state index is -1.06. The van der Waals surface area contributed by atoms with Gasteiger partial charge in [-0.25, -0.2) is 14.2 Å². The fraction of sp³-hybridized carbons (Fsp3) is 0.143. The van der Waals surface area contributed by atoms with Crippen molar-refractivity contribution in [1.29, 1.82) is 0 Å². The van der Waals surface area contributed by atoms with Gasteiger partial charge in [0.2, 0.25) is 0 Å². The summed E-state index contributed by atoms with van der Waals surface area (Å²) in [6.07, 6.45) is 1.54. The van der Waals surface area contributed by atoms with Crippen LogP contribution in [0.3, 0.4) is 0 Å². The van der Waals surface area contributed by atoms with Crippen LogP contribution in [-0.4, -0.2) is 22.6 Å². The Hall–Kier alpha value is -1.95. The Labute approximate surface area is 124 Å². The van der Waals surface area contributed by atoms with E-state index in [1.54, 1.807) is 17.0 Å². The second-order valence-electron chi connectivity index (χ2n) is 4.05. The van der Waals surface area contributed by atoms with Gasteiger partial charge in [0.1, 0.15) is 17.2 Å². The van der Waals surface area contributed by atoms with Crippen LogP contribution in [0, 0.1) is 5.82 Å². The first-order valence-corrected chi connectivity index (χ1v) is 6.74. The molecule has 0 fully saturated rings. The van der Waals surface area contributed by atoms with Crippen molar-refractivity contribution in [3.05, 3.63) is 52.4 Å². The summed E-state index contributed by atoms with van der Waals surface area (Å²) in [4.78, 5) is 17.2. The normalized spacial score (nSPS) is 10.3. The van der Waals surface area contributed by atoms with E-state index in [9.17, 15) is 14.3 Å². The number of carboxylic acid groups (broad SMARTS) is 1. The van der Waals surface area contributed by atoms with Gasteiger partial charge in [0.15, 0.2) is 0 Å². The molecule has 0 spiro atoms. The topological polar surface area (TPSA) is 53.4 Å². The molecule has 1 heterocycles. The van der Waals surface area contributed by atoms with E-state index in [4.69, 9.17) is 0 Å². The van der Waals surface area contributed by atoms with Gasteiger partial charge in [-0.2, -0.15) is 0 Å². The van der Waals surface area contributed by atoms with Gasteiger partial charge in [0.05, 0.1) is 0 Å². The zero-order valence-corrected chi connectivity index (χ0v) is 12.3. The molecule has 2 rings (SSSR count). The number of hydrogen-bond acceptors (Lipinski definition) is 3. The third-order valence-corrected chi connectivity index (χ3v) is 3.21. The standard InChI is InChI=1S/C14H12BrFN2O2/c1-2-18(11-5-3-10(16)4-6-11)13-12(14(19)20)7-9(15)8-17-13/h3-8H,2H2,1H3,(H,19,20). The molecule has 0 saturated heterocycles. The van der Waals surface area contributed by atoms with Gasteiger partial charge < -0.3 is 10.0 Å². The van der Waals surface area contributed by atoms with Gasteiger partial charge in [-0.1, -0.05) is 0 Å². The van der Waals surface area contributed by atoms with Gasteiger partial charge in [-0.3, -0.25) is 0 Å². The lowest BCUT2D eigenvalue weighted by Crippen LogP contribution is -2.20. The molecule has 1 aromatic heterocycles. The molecular weight excluding hydrogens is 327 g/mol. The summed E-state index contributed by atoms with van der Waals surface area (Å²) in [5.41, 5.74) is 0.775. The van der Waals surface area contributed by atoms with Crippen molar-refractivity contribution >= 4 is 33.4 Å². The molecule has 1 N–H and O–H groups in total. The number of aromatic nitrogens is 1. The predicted molar refractivity (Wildman–Crippen MR) is 78.0 cm³/mol. The number of anilines is 2. The van der Waals surface area contributed by atoms with Gasteiger partial charge in [0.25, 0.3) is 0 Å². The summed E-state index contributed by atoms with van der Waals surface area (Å²) in [6, 6.07) is 7.34. The van der Waals surface area contributed by atoms with Crippen molar-refractivity contribution in [1.82, 2.24) is 4.98 Å². The highest BCUT2D eigenvalue weighted by Gasteiger charge is 2.18. The van der Waals surface area contributed by atoms with E-state index in [0.29, 0.717) is 22.5 Å². The van der Waals surface area contributed by atoms with Crippen LogP contribution in [0.1, 0.15) is 17.3 Å². The monoisotopic (exact) mass is 338 g/mol. The maximum absolute atomic E-state index is 13.0. The average Bonchev–Trinajstić information content (AvgIpc) is 2.43. The highest BCUT2D eigenvalue weighted by Crippen LogP contribution is 2.28. The molecule has 1 aromatic carbocycles. The second-order valence-corrected chi connectivity index (χ2v) is 4.97. The number of aromatic carboxylic acids is 1. The molecule has 0 radical (unpaired) electrons. The van der Waals surface area contributed by atoms with Crippen LogP contribution in [0.15, 0.2) is 41.0 Å². The Morgan fingerprint density at radius 3 is 2.60 bits per heavy atom. The Kier molecular flexibility index (Phi) is 4.34. The molecule has 0 saturated carbocycles. The molecule has 0 aliphatic rings. The third kappa shape index (κ3) is 2.96. The largest absolute Gasteiger partial charge is 0.478 e. The summed E-state index contributed by atoms with van der Waals surface area (Å²) in [7, 11) is 0. The van der Waals surface area contributed by atoms with Crippen LogP contribution < -0.4 is 4.90 Å². The summed E-state index contributed by atoms with van der Waals surface area (Å²) >= 11 is 3.21. The lowest BCUT2D eigenvalue weighted by Gasteiger charge is -2.23. The summed E-state index contributed by atoms with van der Waals surface area (Å²) in [5, 5.41) is 9.28. The number of halogens is 2. The van der Waals surface area contributed by atoms with Crippen molar-refractivity contribution in [2.45, 2.75) is 6.92 Å². The Balaban J connectivity index is 2.51. The minimum absolute atomic E-state index is 0.0885. The maximum Gasteiger partial charge on any atom is 0.339 e. The average molecular weight is 339 g/mol. The first kappa shape index (κ1) is 14.5. The number of carboxylic acids is 1. The number of benzene rings is 1. The van der Waals surface area contributed by atoms with Crippen LogP contribution in [-0.2, 0) is 0 Å². The molecular formula is C14H12BrFN2O2. The van der Waals surface area contributed by atoms with Crippen molar-refractivity contribution in [3.8, 4) is 0 Å². The van der Waals surface area contributed by atoms with E-state index in [1.807, 2.05) is 6.92 Å². The zero-order chi connectivity index (χ0) is 14.7. The van der Waals surface area contributed by atoms with E-state index in [-0.39, 0.29) is 11.4 Å². The Morgan fingerprint density at radius 2 is 2.05 bits per heavy atom. The van der Waals surface area contributed by atoms with E-state index in [0.717, 1.165) is 0 Å². The molecule has 0 aliphatic heterocycles. The van der Waals surface area contributed by atoms with E-state index in [2.05, 4.69) is 20.9 Å². The first-order chi connectivity index (χ1) is 9.52. The van der Waals surface area contributed by atoms with Crippen molar-refractivity contribution in [2.24, 2.45) is 0 Å². The summed E-state index contributed by atoms with van der Waals surface area (Å²) < 4.78 is 13.6. The molecule has 6 heteroatoms. The molecule has 0 atom stereocenters. The molecule has 0 unspecified atom stereocenters. The van der Waals surface area contributed by atoms with Crippen molar-refractivity contribution in [2.75, 3.05) is 11.4 Å². The molecule has 20 heavy (non-hydrogen) atoms. The second kappa shape index (κ2) is 6.00. The SMILES string of the molecule is CCN(c1ccc(F)cc1)c1ncc(Br)cc1C(=O)O. The van der Waals surface area contributed by atoms with Gasteiger partial charge in [-0.05, 0) is 53.2 Å². The zero-order valence-electron chi connectivity index (χ0n) is 10.7. The van der Waals surface area contributed by atoms with E-state index in [1.165, 1.54) is 24.4 Å². The van der Waals surface area contributed by atoms with Crippen LogP contribution in [0.2, 0.25) is 0 Å². The van der Waals surface area contributed by atoms with Crippen molar-refractivity contribution in [3.63, 3.8) is 0 Å². The highest BCUT2D eigenvalue weighted by atomic mass is 79.9. The number of carbonyl (C=O) groups is 1. The third-order valence-electron chi connectivity index (χ3n) is 2.77. The number of rotatable bonds is 4. The van der Waals surface area contributed by atoms with Crippen molar-refractivity contribution < 1.29 is 14.3 Å². The van der Waals surface area contributed by atoms with Crippen LogP contribution >= 0.6 is 15.9 Å². The fourth-order valence-electron chi connectivity index (χ4n) is 1.88. The molecule has 0 bridgehead atoms. The smallest absolute Gasteiger partial charge is 0.339 e. The lowest BCUT2D eigenvalue weighted by atomic mass is 10.2. The number of nitrogens with zero attached hydrogens (tertiary/aromatic N) is 2. The first-order valence-electron chi connectivity index (χ1n) is 5.95. The molecule has 104 valence electrons. The predicted octanol–water partition coefficient (Wildman–Crippen LogP) is 3.84. The molecule has 4 nitrogen and oxygen atoms in total. The molecule has 0 aliphatic carbocycles. The Bertz CT molecular complexity index is 632. The number of pyridine rings is 1. The molecule has 0 amide bonds. The Morgan fingerprint density at radius 1 is 1.40 bits per heavy atom. The summed E-state index contributed by atoms with van der Waals surface area (Å²) in [6.45, 7) is 2.39. The van der Waals surface area contributed by atoms with Crippen LogP contribution in [0.5, 0.6) is 0 Å². The van der Waals surface area contributed by atoms with E-state index >= 15 is 0 Å². The maximum atomic E-state index is 13.0. The van der Waals surface area contributed by atoms with Gasteiger partial charge in [0, 0.05) is 22.9 Å². The van der Waals surface area contributed by atoms with E-state index < -0.39 is 5.97 Å². The minimum Gasteiger partial charge on any atom is -0.478 e. The molecule has 2 aromatic rings. The van der Waals surface area contributed by atoms with Crippen LogP contribution in [0.4, 0.5) is 15.9 Å². The van der Waals surface area contributed by atoms with Gasteiger partial charge in [-0.15, -0.1) is 0 Å². The van der Waals surface area contributed by atoms with Gasteiger partial charge >= 0.3 is 5.97 Å². The summed E-state index contributed by atoms with van der Waals surface area (Å²) in [5.74, 6) is -1.07. The number of hydrogen-bond donors (Lipinski definition) is 1. The highest BCUT2D eigenvalue weighted by molar-refractivity contribution is 9.10.